The Balaban J connectivity index is 1.47. The van der Waals surface area contributed by atoms with Crippen LogP contribution < -0.4 is 4.74 Å². The third-order valence-corrected chi connectivity index (χ3v) is 7.76. The molecule has 1 aliphatic carbocycles. The van der Waals surface area contributed by atoms with Gasteiger partial charge in [0.15, 0.2) is 5.60 Å². The highest BCUT2D eigenvalue weighted by Gasteiger charge is 2.72. The summed E-state index contributed by atoms with van der Waals surface area (Å²) in [6.45, 7) is 3.06. The molecule has 10 heteroatoms. The lowest BCUT2D eigenvalue weighted by Crippen LogP contribution is -2.72. The number of aliphatic hydroxyl groups excluding tert-OH is 3. The van der Waals surface area contributed by atoms with Crippen molar-refractivity contribution in [3.05, 3.63) is 52.6 Å². The van der Waals surface area contributed by atoms with Crippen molar-refractivity contribution in [2.75, 3.05) is 13.2 Å². The molecule has 5 N–H and O–H groups in total. The fourth-order valence-electron chi connectivity index (χ4n) is 5.15. The van der Waals surface area contributed by atoms with Gasteiger partial charge >= 0.3 is 5.97 Å². The van der Waals surface area contributed by atoms with Crippen LogP contribution in [0, 0.1) is 5.92 Å². The molecule has 0 spiro atoms. The van der Waals surface area contributed by atoms with Gasteiger partial charge in [0.25, 0.3) is 0 Å². The zero-order chi connectivity index (χ0) is 26.3. The average molecular weight is 525 g/mol. The number of carbonyl (C=O) groups is 1. The van der Waals surface area contributed by atoms with Crippen molar-refractivity contribution < 1.29 is 44.5 Å². The van der Waals surface area contributed by atoms with Gasteiger partial charge in [-0.2, -0.15) is 0 Å². The first-order valence-corrected chi connectivity index (χ1v) is 12.4. The van der Waals surface area contributed by atoms with E-state index in [9.17, 15) is 25.2 Å². The molecule has 2 saturated heterocycles. The molecule has 6 atom stereocenters. The molecule has 2 fully saturated rings. The second-order valence-corrected chi connectivity index (χ2v) is 10.6. The van der Waals surface area contributed by atoms with E-state index in [0.717, 1.165) is 11.1 Å². The van der Waals surface area contributed by atoms with E-state index in [1.165, 1.54) is 13.8 Å². The van der Waals surface area contributed by atoms with Crippen molar-refractivity contribution in [2.45, 2.75) is 74.8 Å². The van der Waals surface area contributed by atoms with E-state index in [1.54, 1.807) is 12.2 Å². The van der Waals surface area contributed by atoms with Crippen LogP contribution in [0.1, 0.15) is 38.7 Å². The lowest BCUT2D eigenvalue weighted by Gasteiger charge is -2.52. The molecule has 4 rings (SSSR count). The highest BCUT2D eigenvalue weighted by atomic mass is 35.5. The van der Waals surface area contributed by atoms with Crippen LogP contribution in [-0.2, 0) is 20.7 Å². The minimum Gasteiger partial charge on any atom is -0.494 e. The molecular weight excluding hydrogens is 492 g/mol. The summed E-state index contributed by atoms with van der Waals surface area (Å²) < 4.78 is 17.7. The molecule has 36 heavy (non-hydrogen) atoms. The Morgan fingerprint density at radius 2 is 1.89 bits per heavy atom. The van der Waals surface area contributed by atoms with Gasteiger partial charge in [0.2, 0.25) is 5.79 Å². The Bertz CT molecular complexity index is 1030. The molecule has 0 saturated carbocycles. The summed E-state index contributed by atoms with van der Waals surface area (Å²) in [6, 6.07) is 7.41. The largest absolute Gasteiger partial charge is 0.494 e. The quantitative estimate of drug-likeness (QED) is 0.306. The predicted octanol–water partition coefficient (Wildman–Crippen LogP) is 1.89. The first-order valence-electron chi connectivity index (χ1n) is 12.0. The molecule has 0 aromatic heterocycles. The Labute approximate surface area is 214 Å². The maximum atomic E-state index is 10.9. The molecule has 3 aliphatic rings. The number of carboxylic acid groups (broad SMARTS) is 1. The van der Waals surface area contributed by atoms with Gasteiger partial charge in [0.05, 0.1) is 18.8 Å². The molecule has 1 unspecified atom stereocenters. The van der Waals surface area contributed by atoms with Crippen LogP contribution in [0.4, 0.5) is 0 Å². The van der Waals surface area contributed by atoms with E-state index in [2.05, 4.69) is 0 Å². The summed E-state index contributed by atoms with van der Waals surface area (Å²) in [6.07, 6.45) is 0.150. The van der Waals surface area contributed by atoms with E-state index >= 15 is 0 Å². The van der Waals surface area contributed by atoms with E-state index in [4.69, 9.17) is 30.9 Å². The number of aliphatic hydroxyl groups is 4. The second kappa shape index (κ2) is 10.1. The first kappa shape index (κ1) is 27.1. The minimum absolute atomic E-state index is 0.0515. The number of halogens is 1. The Morgan fingerprint density at radius 3 is 2.53 bits per heavy atom. The topological polar surface area (TPSA) is 146 Å². The molecule has 0 amide bonds. The van der Waals surface area contributed by atoms with Gasteiger partial charge in [0, 0.05) is 17.4 Å². The zero-order valence-electron chi connectivity index (χ0n) is 20.3. The SMILES string of the molecule is CC(C)(O)[C@@]12CO[C@@](C3C=CC(Cl)=C(Cc4ccc(OCCCC(=O)O)cc4)C3)(O1)[C@H](O)[C@@H](O)[C@@H]2O. The molecule has 1 aromatic carbocycles. The van der Waals surface area contributed by atoms with Gasteiger partial charge in [-0.15, -0.1) is 0 Å². The van der Waals surface area contributed by atoms with Crippen molar-refractivity contribution >= 4 is 17.6 Å². The molecule has 2 heterocycles. The van der Waals surface area contributed by atoms with Crippen molar-refractivity contribution in [2.24, 2.45) is 5.92 Å². The Hall–Kier alpha value is -1.98. The average Bonchev–Trinajstić information content (AvgIpc) is 3.23. The second-order valence-electron chi connectivity index (χ2n) is 10.2. The molecule has 2 aliphatic heterocycles. The molecule has 9 nitrogen and oxygen atoms in total. The number of aliphatic carboxylic acids is 1. The van der Waals surface area contributed by atoms with Crippen LogP contribution in [0.15, 0.2) is 47.0 Å². The summed E-state index contributed by atoms with van der Waals surface area (Å²) in [4.78, 5) is 10.6. The Kier molecular flexibility index (Phi) is 7.56. The van der Waals surface area contributed by atoms with Gasteiger partial charge in [-0.1, -0.05) is 29.8 Å². The van der Waals surface area contributed by atoms with Crippen LogP contribution in [0.3, 0.4) is 0 Å². The zero-order valence-corrected chi connectivity index (χ0v) is 21.0. The monoisotopic (exact) mass is 524 g/mol. The summed E-state index contributed by atoms with van der Waals surface area (Å²) in [7, 11) is 0. The normalized spacial score (nSPS) is 34.2. The summed E-state index contributed by atoms with van der Waals surface area (Å²) >= 11 is 6.51. The van der Waals surface area contributed by atoms with Gasteiger partial charge < -0.3 is 39.7 Å². The van der Waals surface area contributed by atoms with Crippen molar-refractivity contribution in [3.8, 4) is 5.75 Å². The van der Waals surface area contributed by atoms with Crippen molar-refractivity contribution in [1.82, 2.24) is 0 Å². The number of rotatable bonds is 9. The number of ether oxygens (including phenoxy) is 3. The van der Waals surface area contributed by atoms with E-state index in [1.807, 2.05) is 24.3 Å². The van der Waals surface area contributed by atoms with Crippen molar-refractivity contribution in [1.29, 1.82) is 0 Å². The summed E-state index contributed by atoms with van der Waals surface area (Å²) in [5.74, 6) is -2.42. The highest BCUT2D eigenvalue weighted by molar-refractivity contribution is 6.31. The molecule has 2 bridgehead atoms. The van der Waals surface area contributed by atoms with E-state index in [-0.39, 0.29) is 13.0 Å². The number of hydrogen-bond acceptors (Lipinski definition) is 8. The number of benzene rings is 1. The molecule has 1 aromatic rings. The van der Waals surface area contributed by atoms with Crippen LogP contribution in [0.2, 0.25) is 0 Å². The van der Waals surface area contributed by atoms with Gasteiger partial charge in [-0.05, 0) is 62.5 Å². The Morgan fingerprint density at radius 1 is 1.19 bits per heavy atom. The number of carboxylic acids is 1. The molecule has 0 radical (unpaired) electrons. The van der Waals surface area contributed by atoms with Gasteiger partial charge in [0.1, 0.15) is 24.1 Å². The number of hydrogen-bond donors (Lipinski definition) is 5. The fourth-order valence-corrected chi connectivity index (χ4v) is 5.37. The maximum absolute atomic E-state index is 10.9. The van der Waals surface area contributed by atoms with Crippen LogP contribution >= 0.6 is 11.6 Å². The molecular formula is C26H33ClO9. The van der Waals surface area contributed by atoms with Crippen LogP contribution in [-0.4, -0.2) is 80.0 Å². The third-order valence-electron chi connectivity index (χ3n) is 7.37. The van der Waals surface area contributed by atoms with Crippen molar-refractivity contribution in [3.63, 3.8) is 0 Å². The fraction of sp³-hybridized carbons (Fsp3) is 0.577. The highest BCUT2D eigenvalue weighted by Crippen LogP contribution is 2.53. The predicted molar refractivity (Wildman–Crippen MR) is 129 cm³/mol. The summed E-state index contributed by atoms with van der Waals surface area (Å²) in [5.41, 5.74) is -1.33. The van der Waals surface area contributed by atoms with E-state index < -0.39 is 47.2 Å². The standard InChI is InChI=1S/C26H33ClO9/c1-24(2,33)25-14-35-26(36-25,23(32)21(30)22(25)31)17-7-10-19(27)16(13-17)12-15-5-8-18(9-6-15)34-11-3-4-20(28)29/h5-10,17,21-23,30-33H,3-4,11-14H2,1-2H3,(H,28,29)/t17?,21-,22-,23+,25-,26-/m0/s1. The lowest BCUT2D eigenvalue weighted by molar-refractivity contribution is -0.352. The third kappa shape index (κ3) is 4.81. The first-order chi connectivity index (χ1) is 16.9. The van der Waals surface area contributed by atoms with Crippen LogP contribution in [0.25, 0.3) is 0 Å². The smallest absolute Gasteiger partial charge is 0.303 e. The summed E-state index contributed by atoms with van der Waals surface area (Å²) in [5, 5.41) is 52.3. The lowest BCUT2D eigenvalue weighted by atomic mass is 9.73. The van der Waals surface area contributed by atoms with Crippen LogP contribution in [0.5, 0.6) is 5.75 Å². The van der Waals surface area contributed by atoms with Gasteiger partial charge in [-0.3, -0.25) is 4.79 Å². The maximum Gasteiger partial charge on any atom is 0.303 e. The minimum atomic E-state index is -1.66. The van der Waals surface area contributed by atoms with Gasteiger partial charge in [-0.25, -0.2) is 0 Å². The van der Waals surface area contributed by atoms with E-state index in [0.29, 0.717) is 36.7 Å². The number of allylic oxidation sites excluding steroid dienone is 3. The molecule has 198 valence electrons. The number of fused-ring (bicyclic) bond motifs is 2.